The van der Waals surface area contributed by atoms with E-state index < -0.39 is 5.97 Å². The quantitative estimate of drug-likeness (QED) is 0.734. The predicted molar refractivity (Wildman–Crippen MR) is 55.2 cm³/mol. The van der Waals surface area contributed by atoms with Gasteiger partial charge in [0.25, 0.3) is 0 Å². The highest BCUT2D eigenvalue weighted by Crippen LogP contribution is 2.25. The lowest BCUT2D eigenvalue weighted by Crippen LogP contribution is -2.48. The van der Waals surface area contributed by atoms with Gasteiger partial charge in [-0.3, -0.25) is 9.69 Å². The molecule has 4 heteroatoms. The summed E-state index contributed by atoms with van der Waals surface area (Å²) in [5, 5.41) is 9.95. The molecule has 1 N–H and O–H groups in total. The van der Waals surface area contributed by atoms with E-state index in [0.717, 1.165) is 13.1 Å². The maximum absolute atomic E-state index is 10.8. The standard InChI is InChI=1S/C9H17NO2S/c1-6-4-10(5-7(2)13-6)8(3)9(11)12/h6-8H,4-5H2,1-3H3,(H,11,12). The third-order valence-corrected chi connectivity index (χ3v) is 3.58. The molecule has 1 fully saturated rings. The van der Waals surface area contributed by atoms with Gasteiger partial charge >= 0.3 is 5.97 Å². The molecule has 0 amide bonds. The van der Waals surface area contributed by atoms with E-state index in [1.165, 1.54) is 0 Å². The van der Waals surface area contributed by atoms with Gasteiger partial charge in [-0.2, -0.15) is 11.8 Å². The fourth-order valence-electron chi connectivity index (χ4n) is 1.69. The molecule has 13 heavy (non-hydrogen) atoms. The number of nitrogens with zero attached hydrogens (tertiary/aromatic N) is 1. The largest absolute Gasteiger partial charge is 0.480 e. The van der Waals surface area contributed by atoms with Crippen molar-refractivity contribution in [1.29, 1.82) is 0 Å². The van der Waals surface area contributed by atoms with Crippen LogP contribution in [0.5, 0.6) is 0 Å². The van der Waals surface area contributed by atoms with Crippen LogP contribution in [0.2, 0.25) is 0 Å². The zero-order chi connectivity index (χ0) is 10.0. The van der Waals surface area contributed by atoms with Crippen LogP contribution in [0.1, 0.15) is 20.8 Å². The molecule has 0 radical (unpaired) electrons. The molecular formula is C9H17NO2S. The summed E-state index contributed by atoms with van der Waals surface area (Å²) in [6, 6.07) is -0.342. The molecule has 0 aliphatic carbocycles. The zero-order valence-electron chi connectivity index (χ0n) is 8.36. The van der Waals surface area contributed by atoms with Gasteiger partial charge in [0, 0.05) is 23.6 Å². The van der Waals surface area contributed by atoms with Gasteiger partial charge in [0.2, 0.25) is 0 Å². The van der Waals surface area contributed by atoms with Crippen LogP contribution in [0.4, 0.5) is 0 Å². The van der Waals surface area contributed by atoms with Crippen LogP contribution < -0.4 is 0 Å². The molecule has 0 aromatic carbocycles. The summed E-state index contributed by atoms with van der Waals surface area (Å²) in [5.41, 5.74) is 0. The minimum atomic E-state index is -0.716. The number of aliphatic carboxylic acids is 1. The van der Waals surface area contributed by atoms with Gasteiger partial charge in [-0.15, -0.1) is 0 Å². The maximum atomic E-state index is 10.8. The first-order valence-corrected chi connectivity index (χ1v) is 5.57. The van der Waals surface area contributed by atoms with Gasteiger partial charge < -0.3 is 5.11 Å². The van der Waals surface area contributed by atoms with Crippen LogP contribution in [0, 0.1) is 0 Å². The van der Waals surface area contributed by atoms with Crippen LogP contribution in [0.25, 0.3) is 0 Å². The Bertz CT molecular complexity index is 188. The van der Waals surface area contributed by atoms with Crippen LogP contribution in [-0.2, 0) is 4.79 Å². The summed E-state index contributed by atoms with van der Waals surface area (Å²) in [6.07, 6.45) is 0. The minimum absolute atomic E-state index is 0.342. The Balaban J connectivity index is 2.54. The van der Waals surface area contributed by atoms with E-state index in [9.17, 15) is 4.79 Å². The smallest absolute Gasteiger partial charge is 0.320 e. The number of carboxylic acids is 1. The highest BCUT2D eigenvalue weighted by molar-refractivity contribution is 8.00. The van der Waals surface area contributed by atoms with Gasteiger partial charge in [-0.05, 0) is 6.92 Å². The van der Waals surface area contributed by atoms with Crippen LogP contribution in [0.3, 0.4) is 0 Å². The van der Waals surface area contributed by atoms with Gasteiger partial charge in [-0.1, -0.05) is 13.8 Å². The molecule has 0 aromatic heterocycles. The van der Waals surface area contributed by atoms with E-state index in [-0.39, 0.29) is 6.04 Å². The normalized spacial score (nSPS) is 32.8. The molecule has 0 bridgehead atoms. The molecule has 1 aliphatic rings. The van der Waals surface area contributed by atoms with Crippen molar-refractivity contribution in [1.82, 2.24) is 4.90 Å². The van der Waals surface area contributed by atoms with Crippen molar-refractivity contribution in [2.24, 2.45) is 0 Å². The topological polar surface area (TPSA) is 40.5 Å². The van der Waals surface area contributed by atoms with Gasteiger partial charge in [0.1, 0.15) is 6.04 Å². The molecule has 0 saturated carbocycles. The SMILES string of the molecule is CC1CN(C(C)C(=O)O)CC(C)S1. The summed E-state index contributed by atoms with van der Waals surface area (Å²) in [5.74, 6) is -0.716. The zero-order valence-corrected chi connectivity index (χ0v) is 9.17. The van der Waals surface area contributed by atoms with Crippen molar-refractivity contribution in [2.45, 2.75) is 37.3 Å². The summed E-state index contributed by atoms with van der Waals surface area (Å²) in [4.78, 5) is 12.8. The molecule has 3 nitrogen and oxygen atoms in total. The van der Waals surface area contributed by atoms with Gasteiger partial charge in [0.15, 0.2) is 0 Å². The van der Waals surface area contributed by atoms with E-state index in [1.807, 2.05) is 16.7 Å². The fraction of sp³-hybridized carbons (Fsp3) is 0.889. The third kappa shape index (κ3) is 2.88. The lowest BCUT2D eigenvalue weighted by atomic mass is 10.2. The summed E-state index contributed by atoms with van der Waals surface area (Å²) >= 11 is 1.94. The number of hydrogen-bond acceptors (Lipinski definition) is 3. The van der Waals surface area contributed by atoms with Crippen LogP contribution in [-0.4, -0.2) is 45.6 Å². The molecule has 1 rings (SSSR count). The fourth-order valence-corrected chi connectivity index (χ4v) is 3.04. The Hall–Kier alpha value is -0.220. The van der Waals surface area contributed by atoms with Gasteiger partial charge in [-0.25, -0.2) is 0 Å². The lowest BCUT2D eigenvalue weighted by molar-refractivity contribution is -0.142. The van der Waals surface area contributed by atoms with E-state index in [0.29, 0.717) is 10.5 Å². The van der Waals surface area contributed by atoms with E-state index >= 15 is 0 Å². The van der Waals surface area contributed by atoms with E-state index in [4.69, 9.17) is 5.11 Å². The summed E-state index contributed by atoms with van der Waals surface area (Å²) in [6.45, 7) is 7.85. The second-order valence-electron chi connectivity index (χ2n) is 3.73. The van der Waals surface area contributed by atoms with Crippen molar-refractivity contribution in [2.75, 3.05) is 13.1 Å². The first kappa shape index (κ1) is 10.9. The Labute approximate surface area is 83.5 Å². The molecular weight excluding hydrogens is 186 g/mol. The molecule has 0 spiro atoms. The van der Waals surface area contributed by atoms with Crippen molar-refractivity contribution < 1.29 is 9.90 Å². The highest BCUT2D eigenvalue weighted by atomic mass is 32.2. The first-order chi connectivity index (χ1) is 6.00. The maximum Gasteiger partial charge on any atom is 0.320 e. The number of thioether (sulfide) groups is 1. The second-order valence-corrected chi connectivity index (χ2v) is 5.61. The minimum Gasteiger partial charge on any atom is -0.480 e. The second kappa shape index (κ2) is 4.33. The molecule has 1 aliphatic heterocycles. The lowest BCUT2D eigenvalue weighted by Gasteiger charge is -2.36. The number of carbonyl (C=O) groups is 1. The van der Waals surface area contributed by atoms with Crippen molar-refractivity contribution in [3.63, 3.8) is 0 Å². The average molecular weight is 203 g/mol. The van der Waals surface area contributed by atoms with E-state index in [1.54, 1.807) is 6.92 Å². The van der Waals surface area contributed by atoms with Crippen LogP contribution >= 0.6 is 11.8 Å². The van der Waals surface area contributed by atoms with Crippen molar-refractivity contribution in [3.8, 4) is 0 Å². The Morgan fingerprint density at radius 2 is 1.92 bits per heavy atom. The summed E-state index contributed by atoms with van der Waals surface area (Å²) in [7, 11) is 0. The molecule has 3 atom stereocenters. The third-order valence-electron chi connectivity index (χ3n) is 2.35. The Kier molecular flexibility index (Phi) is 3.62. The molecule has 76 valence electrons. The summed E-state index contributed by atoms with van der Waals surface area (Å²) < 4.78 is 0. The number of hydrogen-bond donors (Lipinski definition) is 1. The van der Waals surface area contributed by atoms with E-state index in [2.05, 4.69) is 13.8 Å². The van der Waals surface area contributed by atoms with Crippen LogP contribution in [0.15, 0.2) is 0 Å². The molecule has 0 aromatic rings. The molecule has 3 unspecified atom stereocenters. The average Bonchev–Trinajstić information content (AvgIpc) is 2.01. The van der Waals surface area contributed by atoms with Crippen molar-refractivity contribution in [3.05, 3.63) is 0 Å². The Morgan fingerprint density at radius 1 is 1.46 bits per heavy atom. The molecule has 1 saturated heterocycles. The number of carboxylic acid groups (broad SMARTS) is 1. The van der Waals surface area contributed by atoms with Crippen molar-refractivity contribution >= 4 is 17.7 Å². The predicted octanol–water partition coefficient (Wildman–Crippen LogP) is 1.29. The Morgan fingerprint density at radius 3 is 2.31 bits per heavy atom. The first-order valence-electron chi connectivity index (χ1n) is 4.63. The highest BCUT2D eigenvalue weighted by Gasteiger charge is 2.28. The molecule has 1 heterocycles. The van der Waals surface area contributed by atoms with Gasteiger partial charge in [0.05, 0.1) is 0 Å². The monoisotopic (exact) mass is 203 g/mol. The number of rotatable bonds is 2.